The highest BCUT2D eigenvalue weighted by molar-refractivity contribution is 6.32. The van der Waals surface area contributed by atoms with E-state index in [-0.39, 0.29) is 5.91 Å². The molecule has 24 heavy (non-hydrogen) atoms. The Balaban J connectivity index is 1.81. The van der Waals surface area contributed by atoms with Gasteiger partial charge in [0.2, 0.25) is 0 Å². The second-order valence-corrected chi connectivity index (χ2v) is 5.22. The Kier molecular flexibility index (Phi) is 4.67. The molecule has 0 aliphatic carbocycles. The van der Waals surface area contributed by atoms with E-state index in [0.29, 0.717) is 16.3 Å². The second kappa shape index (κ2) is 7.06. The van der Waals surface area contributed by atoms with Gasteiger partial charge in [-0.2, -0.15) is 5.10 Å². The van der Waals surface area contributed by atoms with Crippen molar-refractivity contribution in [3.63, 3.8) is 0 Å². The zero-order valence-corrected chi connectivity index (χ0v) is 13.5. The van der Waals surface area contributed by atoms with Crippen LogP contribution in [0.5, 0.6) is 5.75 Å². The molecule has 0 saturated carbocycles. The van der Waals surface area contributed by atoms with Gasteiger partial charge in [-0.3, -0.25) is 9.78 Å². The monoisotopic (exact) mass is 340 g/mol. The number of fused-ring (bicyclic) bond motifs is 1. The van der Waals surface area contributed by atoms with Crippen LogP contribution in [0, 0.1) is 0 Å². The van der Waals surface area contributed by atoms with E-state index in [1.54, 1.807) is 19.2 Å². The topological polar surface area (TPSA) is 76.5 Å². The molecule has 0 fully saturated rings. The number of methoxy groups -OCH3 is 1. The molecule has 2 aromatic heterocycles. The number of carbonyl (C=O) groups excluding carboxylic acids is 1. The SMILES string of the molecule is COc1ccc2nc(Cl)c(C=NNC(=O)c3ccncc3)cc2c1. The van der Waals surface area contributed by atoms with E-state index in [9.17, 15) is 4.79 Å². The van der Waals surface area contributed by atoms with Gasteiger partial charge in [-0.25, -0.2) is 10.4 Å². The summed E-state index contributed by atoms with van der Waals surface area (Å²) in [5.41, 5.74) is 4.24. The smallest absolute Gasteiger partial charge is 0.271 e. The van der Waals surface area contributed by atoms with Crippen molar-refractivity contribution < 1.29 is 9.53 Å². The third kappa shape index (κ3) is 3.49. The van der Waals surface area contributed by atoms with Crippen LogP contribution in [0.1, 0.15) is 15.9 Å². The summed E-state index contributed by atoms with van der Waals surface area (Å²) >= 11 is 6.15. The predicted molar refractivity (Wildman–Crippen MR) is 92.6 cm³/mol. The lowest BCUT2D eigenvalue weighted by Gasteiger charge is -2.04. The summed E-state index contributed by atoms with van der Waals surface area (Å²) in [6.07, 6.45) is 4.53. The summed E-state index contributed by atoms with van der Waals surface area (Å²) in [4.78, 5) is 20.1. The number of hydrogen-bond acceptors (Lipinski definition) is 5. The first-order valence-corrected chi connectivity index (χ1v) is 7.43. The molecule has 0 bridgehead atoms. The zero-order chi connectivity index (χ0) is 16.9. The van der Waals surface area contributed by atoms with Crippen LogP contribution >= 0.6 is 11.6 Å². The number of aromatic nitrogens is 2. The highest BCUT2D eigenvalue weighted by atomic mass is 35.5. The number of amides is 1. The van der Waals surface area contributed by atoms with E-state index in [2.05, 4.69) is 20.5 Å². The summed E-state index contributed by atoms with van der Waals surface area (Å²) in [5, 5.41) is 5.09. The number of carbonyl (C=O) groups is 1. The molecular weight excluding hydrogens is 328 g/mol. The third-order valence-electron chi connectivity index (χ3n) is 3.31. The maximum Gasteiger partial charge on any atom is 0.271 e. The van der Waals surface area contributed by atoms with E-state index in [1.165, 1.54) is 18.6 Å². The average molecular weight is 341 g/mol. The van der Waals surface area contributed by atoms with E-state index in [0.717, 1.165) is 16.7 Å². The average Bonchev–Trinajstić information content (AvgIpc) is 2.62. The molecule has 0 radical (unpaired) electrons. The normalized spacial score (nSPS) is 10.9. The first-order valence-electron chi connectivity index (χ1n) is 7.05. The lowest BCUT2D eigenvalue weighted by Crippen LogP contribution is -2.17. The molecule has 2 heterocycles. The maximum absolute atomic E-state index is 11.9. The number of ether oxygens (including phenoxy) is 1. The number of nitrogens with one attached hydrogen (secondary N) is 1. The summed E-state index contributed by atoms with van der Waals surface area (Å²) in [6.45, 7) is 0. The second-order valence-electron chi connectivity index (χ2n) is 4.86. The van der Waals surface area contributed by atoms with Crippen LogP contribution in [0.4, 0.5) is 0 Å². The Labute approximate surface area is 143 Å². The Morgan fingerprint density at radius 3 is 2.79 bits per heavy atom. The number of rotatable bonds is 4. The van der Waals surface area contributed by atoms with Crippen LogP contribution in [0.3, 0.4) is 0 Å². The Bertz CT molecular complexity index is 913. The van der Waals surface area contributed by atoms with Gasteiger partial charge in [0.25, 0.3) is 5.91 Å². The summed E-state index contributed by atoms with van der Waals surface area (Å²) in [5.74, 6) is 0.390. The fourth-order valence-electron chi connectivity index (χ4n) is 2.09. The lowest BCUT2D eigenvalue weighted by atomic mass is 10.1. The Morgan fingerprint density at radius 2 is 2.04 bits per heavy atom. The van der Waals surface area contributed by atoms with Gasteiger partial charge in [0.05, 0.1) is 18.8 Å². The molecule has 0 spiro atoms. The fraction of sp³-hybridized carbons (Fsp3) is 0.0588. The van der Waals surface area contributed by atoms with E-state index < -0.39 is 0 Å². The summed E-state index contributed by atoms with van der Waals surface area (Å²) < 4.78 is 5.20. The molecule has 3 rings (SSSR count). The standard InChI is InChI=1S/C17H13ClN4O2/c1-24-14-2-3-15-12(9-14)8-13(16(18)21-15)10-20-22-17(23)11-4-6-19-7-5-11/h2-10H,1H3,(H,22,23). The van der Waals surface area contributed by atoms with Crippen molar-refractivity contribution in [3.8, 4) is 5.75 Å². The molecule has 1 amide bonds. The first kappa shape index (κ1) is 15.9. The van der Waals surface area contributed by atoms with Gasteiger partial charge in [-0.15, -0.1) is 0 Å². The van der Waals surface area contributed by atoms with Crippen molar-refractivity contribution in [2.75, 3.05) is 7.11 Å². The van der Waals surface area contributed by atoms with Crippen molar-refractivity contribution in [1.82, 2.24) is 15.4 Å². The van der Waals surface area contributed by atoms with Gasteiger partial charge in [-0.05, 0) is 36.4 Å². The predicted octanol–water partition coefficient (Wildman–Crippen LogP) is 3.06. The molecule has 0 aliphatic heterocycles. The Hall–Kier alpha value is -2.99. The van der Waals surface area contributed by atoms with Gasteiger partial charge in [0, 0.05) is 28.9 Å². The number of hydrogen-bond donors (Lipinski definition) is 1. The molecule has 7 heteroatoms. The van der Waals surface area contributed by atoms with Crippen LogP contribution in [-0.2, 0) is 0 Å². The molecule has 6 nitrogen and oxygen atoms in total. The van der Waals surface area contributed by atoms with Crippen molar-refractivity contribution in [2.45, 2.75) is 0 Å². The molecule has 0 unspecified atom stereocenters. The van der Waals surface area contributed by atoms with Crippen molar-refractivity contribution >= 4 is 34.6 Å². The molecule has 0 saturated heterocycles. The van der Waals surface area contributed by atoms with Gasteiger partial charge in [0.1, 0.15) is 10.9 Å². The van der Waals surface area contributed by atoms with Gasteiger partial charge >= 0.3 is 0 Å². The van der Waals surface area contributed by atoms with Crippen molar-refractivity contribution in [3.05, 3.63) is 65.1 Å². The molecule has 120 valence electrons. The van der Waals surface area contributed by atoms with E-state index in [1.807, 2.05) is 24.3 Å². The molecule has 3 aromatic rings. The number of benzene rings is 1. The quantitative estimate of drug-likeness (QED) is 0.450. The van der Waals surface area contributed by atoms with Crippen molar-refractivity contribution in [1.29, 1.82) is 0 Å². The molecule has 0 aliphatic rings. The third-order valence-corrected chi connectivity index (χ3v) is 3.62. The van der Waals surface area contributed by atoms with E-state index >= 15 is 0 Å². The lowest BCUT2D eigenvalue weighted by molar-refractivity contribution is 0.0955. The summed E-state index contributed by atoms with van der Waals surface area (Å²) in [7, 11) is 1.60. The van der Waals surface area contributed by atoms with Gasteiger partial charge in [-0.1, -0.05) is 11.6 Å². The molecule has 0 atom stereocenters. The number of hydrazone groups is 1. The number of pyridine rings is 2. The highest BCUT2D eigenvalue weighted by Gasteiger charge is 2.06. The molecule has 1 N–H and O–H groups in total. The minimum absolute atomic E-state index is 0.301. The van der Waals surface area contributed by atoms with Crippen LogP contribution in [0.15, 0.2) is 53.9 Å². The first-order chi connectivity index (χ1) is 11.7. The van der Waals surface area contributed by atoms with Crippen molar-refractivity contribution in [2.24, 2.45) is 5.10 Å². The maximum atomic E-state index is 11.9. The largest absolute Gasteiger partial charge is 0.497 e. The number of nitrogens with zero attached hydrogens (tertiary/aromatic N) is 3. The van der Waals surface area contributed by atoms with Crippen LogP contribution in [-0.4, -0.2) is 29.2 Å². The molecule has 1 aromatic carbocycles. The minimum atomic E-state index is -0.333. The minimum Gasteiger partial charge on any atom is -0.497 e. The molecular formula is C17H13ClN4O2. The van der Waals surface area contributed by atoms with Crippen LogP contribution < -0.4 is 10.2 Å². The number of halogens is 1. The highest BCUT2D eigenvalue weighted by Crippen LogP contribution is 2.23. The van der Waals surface area contributed by atoms with E-state index in [4.69, 9.17) is 16.3 Å². The van der Waals surface area contributed by atoms with Crippen LogP contribution in [0.25, 0.3) is 10.9 Å². The van der Waals surface area contributed by atoms with Gasteiger partial charge in [0.15, 0.2) is 0 Å². The zero-order valence-electron chi connectivity index (χ0n) is 12.7. The van der Waals surface area contributed by atoms with Crippen LogP contribution in [0.2, 0.25) is 5.15 Å². The Morgan fingerprint density at radius 1 is 1.25 bits per heavy atom. The fourth-order valence-corrected chi connectivity index (χ4v) is 2.29. The summed E-state index contributed by atoms with van der Waals surface area (Å²) in [6, 6.07) is 10.5. The van der Waals surface area contributed by atoms with Gasteiger partial charge < -0.3 is 4.74 Å².